The Morgan fingerprint density at radius 3 is 2.17 bits per heavy atom. The standard InChI is InChI=1S/C31H42N2O4.CH2O3/c1-4-24-10-13-27(14-11-24)23(2)32(21-25-8-6-5-7-9-25)22-26-12-15-28(29(20-26)36-3)37-19-18-33-30(34)16-17-31(33)35;2-1(3)4/h10-15,20,23,25H,4-9,16-19,21-22H2,1-3H3;(H2,2,3,4). The van der Waals surface area contributed by atoms with Gasteiger partial charge in [0.1, 0.15) is 6.61 Å². The molecule has 1 saturated heterocycles. The molecule has 2 fully saturated rings. The minimum Gasteiger partial charge on any atom is -0.493 e. The van der Waals surface area contributed by atoms with Crippen molar-refractivity contribution in [2.75, 3.05) is 26.8 Å². The number of amides is 2. The molecule has 2 aliphatic rings. The summed E-state index contributed by atoms with van der Waals surface area (Å²) in [7, 11) is 1.65. The van der Waals surface area contributed by atoms with Gasteiger partial charge in [-0.1, -0.05) is 56.5 Å². The molecule has 41 heavy (non-hydrogen) atoms. The summed E-state index contributed by atoms with van der Waals surface area (Å²) in [5, 5.41) is 13.9. The Morgan fingerprint density at radius 1 is 0.976 bits per heavy atom. The van der Waals surface area contributed by atoms with Crippen molar-refractivity contribution in [3.8, 4) is 11.5 Å². The van der Waals surface area contributed by atoms with Gasteiger partial charge in [-0.05, 0) is 60.9 Å². The number of hydrogen-bond donors (Lipinski definition) is 2. The van der Waals surface area contributed by atoms with Gasteiger partial charge >= 0.3 is 6.16 Å². The third kappa shape index (κ3) is 9.78. The molecule has 4 rings (SSSR count). The van der Waals surface area contributed by atoms with Crippen LogP contribution in [-0.4, -0.2) is 64.8 Å². The number of aryl methyl sites for hydroxylation is 1. The Balaban J connectivity index is 0.00000108. The molecule has 2 aromatic rings. The molecule has 0 spiro atoms. The number of rotatable bonds is 12. The number of carbonyl (C=O) groups excluding carboxylic acids is 2. The second kappa shape index (κ2) is 16.0. The lowest BCUT2D eigenvalue weighted by atomic mass is 9.88. The summed E-state index contributed by atoms with van der Waals surface area (Å²) >= 11 is 0. The molecule has 9 nitrogen and oxygen atoms in total. The highest BCUT2D eigenvalue weighted by atomic mass is 16.6. The molecule has 1 aliphatic carbocycles. The zero-order chi connectivity index (χ0) is 29.8. The average Bonchev–Trinajstić information content (AvgIpc) is 3.29. The Hall–Kier alpha value is -3.59. The Labute approximate surface area is 243 Å². The lowest BCUT2D eigenvalue weighted by molar-refractivity contribution is -0.138. The molecule has 224 valence electrons. The summed E-state index contributed by atoms with van der Waals surface area (Å²) in [5.74, 6) is 1.81. The highest BCUT2D eigenvalue weighted by Crippen LogP contribution is 2.32. The average molecular weight is 569 g/mol. The second-order valence-corrected chi connectivity index (χ2v) is 10.8. The van der Waals surface area contributed by atoms with E-state index >= 15 is 0 Å². The number of carboxylic acid groups (broad SMARTS) is 2. The van der Waals surface area contributed by atoms with Crippen molar-refractivity contribution in [3.05, 3.63) is 59.2 Å². The van der Waals surface area contributed by atoms with Crippen molar-refractivity contribution in [2.45, 2.75) is 77.8 Å². The smallest absolute Gasteiger partial charge is 0.493 e. The summed E-state index contributed by atoms with van der Waals surface area (Å²) in [4.78, 5) is 36.2. The largest absolute Gasteiger partial charge is 0.503 e. The topological polar surface area (TPSA) is 117 Å². The molecule has 1 unspecified atom stereocenters. The van der Waals surface area contributed by atoms with Crippen molar-refractivity contribution in [1.29, 1.82) is 0 Å². The first-order chi connectivity index (χ1) is 19.7. The van der Waals surface area contributed by atoms with E-state index in [-0.39, 0.29) is 25.0 Å². The SMILES string of the molecule is CCc1ccc(C(C)N(Cc2ccc(OCCN3C(=O)CCC3=O)c(OC)c2)CC2CCCCC2)cc1.O=C(O)O. The van der Waals surface area contributed by atoms with E-state index in [0.717, 1.165) is 25.4 Å². The quantitative estimate of drug-likeness (QED) is 0.293. The van der Waals surface area contributed by atoms with E-state index in [1.807, 2.05) is 6.07 Å². The highest BCUT2D eigenvalue weighted by molar-refractivity contribution is 6.01. The lowest BCUT2D eigenvalue weighted by Gasteiger charge is -2.34. The zero-order valence-electron chi connectivity index (χ0n) is 24.5. The van der Waals surface area contributed by atoms with Crippen LogP contribution < -0.4 is 9.47 Å². The molecule has 1 heterocycles. The van der Waals surface area contributed by atoms with E-state index in [4.69, 9.17) is 24.5 Å². The number of ether oxygens (including phenoxy) is 2. The number of nitrogens with zero attached hydrogens (tertiary/aromatic N) is 2. The molecule has 0 aromatic heterocycles. The maximum Gasteiger partial charge on any atom is 0.503 e. The van der Waals surface area contributed by atoms with Gasteiger partial charge in [-0.2, -0.15) is 0 Å². The Kier molecular flexibility index (Phi) is 12.5. The van der Waals surface area contributed by atoms with Gasteiger partial charge in [-0.25, -0.2) is 4.79 Å². The molecule has 1 saturated carbocycles. The van der Waals surface area contributed by atoms with Gasteiger partial charge in [0.15, 0.2) is 11.5 Å². The third-order valence-electron chi connectivity index (χ3n) is 7.98. The summed E-state index contributed by atoms with van der Waals surface area (Å²) in [5.41, 5.74) is 3.90. The summed E-state index contributed by atoms with van der Waals surface area (Å²) in [6, 6.07) is 15.5. The van der Waals surface area contributed by atoms with Gasteiger partial charge in [0, 0.05) is 32.0 Å². The molecule has 2 N–H and O–H groups in total. The van der Waals surface area contributed by atoms with E-state index in [1.54, 1.807) is 7.11 Å². The fourth-order valence-corrected chi connectivity index (χ4v) is 5.59. The molecule has 2 amide bonds. The first-order valence-corrected chi connectivity index (χ1v) is 14.6. The van der Waals surface area contributed by atoms with Gasteiger partial charge in [-0.3, -0.25) is 19.4 Å². The Bertz CT molecular complexity index is 1130. The number of hydrogen-bond acceptors (Lipinski definition) is 6. The Morgan fingerprint density at radius 2 is 1.59 bits per heavy atom. The summed E-state index contributed by atoms with van der Waals surface area (Å²) in [6.45, 7) is 6.97. The number of likely N-dealkylation sites (tertiary alicyclic amines) is 1. The highest BCUT2D eigenvalue weighted by Gasteiger charge is 2.28. The van der Waals surface area contributed by atoms with E-state index < -0.39 is 6.16 Å². The van der Waals surface area contributed by atoms with Crippen molar-refractivity contribution >= 4 is 18.0 Å². The van der Waals surface area contributed by atoms with Crippen molar-refractivity contribution in [3.63, 3.8) is 0 Å². The van der Waals surface area contributed by atoms with Crippen molar-refractivity contribution < 1.29 is 34.1 Å². The van der Waals surface area contributed by atoms with Crippen LogP contribution in [-0.2, 0) is 22.6 Å². The second-order valence-electron chi connectivity index (χ2n) is 10.8. The van der Waals surface area contributed by atoms with Crippen LogP contribution >= 0.6 is 0 Å². The lowest BCUT2D eigenvalue weighted by Crippen LogP contribution is -2.33. The van der Waals surface area contributed by atoms with E-state index in [2.05, 4.69) is 55.1 Å². The van der Waals surface area contributed by atoms with E-state index in [1.165, 1.54) is 53.7 Å². The van der Waals surface area contributed by atoms with Crippen molar-refractivity contribution in [1.82, 2.24) is 9.80 Å². The van der Waals surface area contributed by atoms with Crippen LogP contribution in [0.3, 0.4) is 0 Å². The molecule has 0 radical (unpaired) electrons. The molecular formula is C32H44N2O7. The van der Waals surface area contributed by atoms with Crippen LogP contribution in [0.2, 0.25) is 0 Å². The molecule has 9 heteroatoms. The van der Waals surface area contributed by atoms with Crippen LogP contribution in [0, 0.1) is 5.92 Å². The molecular weight excluding hydrogens is 524 g/mol. The zero-order valence-corrected chi connectivity index (χ0v) is 24.5. The van der Waals surface area contributed by atoms with Gasteiger partial charge in [0.05, 0.1) is 13.7 Å². The monoisotopic (exact) mass is 568 g/mol. The van der Waals surface area contributed by atoms with Crippen LogP contribution in [0.4, 0.5) is 4.79 Å². The van der Waals surface area contributed by atoms with Gasteiger partial charge < -0.3 is 19.7 Å². The fraction of sp³-hybridized carbons (Fsp3) is 0.531. The molecule has 1 atom stereocenters. The van der Waals surface area contributed by atoms with Gasteiger partial charge in [0.2, 0.25) is 11.8 Å². The van der Waals surface area contributed by atoms with E-state index in [0.29, 0.717) is 30.4 Å². The predicted molar refractivity (Wildman–Crippen MR) is 156 cm³/mol. The number of imide groups is 1. The number of methoxy groups -OCH3 is 1. The predicted octanol–water partition coefficient (Wildman–Crippen LogP) is 6.15. The van der Waals surface area contributed by atoms with Crippen LogP contribution in [0.5, 0.6) is 11.5 Å². The van der Waals surface area contributed by atoms with Crippen molar-refractivity contribution in [2.24, 2.45) is 5.92 Å². The molecule has 0 bridgehead atoms. The fourth-order valence-electron chi connectivity index (χ4n) is 5.59. The van der Waals surface area contributed by atoms with Gasteiger partial charge in [-0.15, -0.1) is 0 Å². The maximum atomic E-state index is 11.8. The number of carbonyl (C=O) groups is 3. The van der Waals surface area contributed by atoms with Crippen LogP contribution in [0.25, 0.3) is 0 Å². The molecule has 2 aromatic carbocycles. The van der Waals surface area contributed by atoms with E-state index in [9.17, 15) is 9.59 Å². The minimum absolute atomic E-state index is 0.118. The maximum absolute atomic E-state index is 11.8. The first-order valence-electron chi connectivity index (χ1n) is 14.6. The third-order valence-corrected chi connectivity index (χ3v) is 7.98. The summed E-state index contributed by atoms with van der Waals surface area (Å²) < 4.78 is 11.6. The van der Waals surface area contributed by atoms with Gasteiger partial charge in [0.25, 0.3) is 0 Å². The van der Waals surface area contributed by atoms with Crippen LogP contribution in [0.1, 0.15) is 81.5 Å². The number of benzene rings is 2. The normalized spacial score (nSPS) is 16.3. The van der Waals surface area contributed by atoms with Crippen LogP contribution in [0.15, 0.2) is 42.5 Å². The first kappa shape index (κ1) is 31.9. The molecule has 1 aliphatic heterocycles. The summed E-state index contributed by atoms with van der Waals surface area (Å²) in [6.07, 6.45) is 6.50. The minimum atomic E-state index is -1.83.